The van der Waals surface area contributed by atoms with Crippen LogP contribution in [0.2, 0.25) is 0 Å². The first-order valence-corrected chi connectivity index (χ1v) is 9.94. The van der Waals surface area contributed by atoms with E-state index in [1.54, 1.807) is 0 Å². The van der Waals surface area contributed by atoms with Crippen molar-refractivity contribution in [2.24, 2.45) is 0 Å². The first-order chi connectivity index (χ1) is 12.1. The van der Waals surface area contributed by atoms with Crippen molar-refractivity contribution in [3.8, 4) is 5.88 Å². The molecule has 0 aromatic carbocycles. The van der Waals surface area contributed by atoms with Crippen LogP contribution >= 0.6 is 0 Å². The highest BCUT2D eigenvalue weighted by molar-refractivity contribution is 5.17. The van der Waals surface area contributed by atoms with Crippen LogP contribution in [0.15, 0.2) is 18.3 Å². The molecule has 5 heteroatoms. The van der Waals surface area contributed by atoms with Crippen molar-refractivity contribution in [2.75, 3.05) is 39.3 Å². The second-order valence-corrected chi connectivity index (χ2v) is 9.31. The SMILES string of the molecule is CC(C)(C)NCc1ccc(OCCCN2CCN(C(C)(C)C)CC2)nc1. The number of aromatic nitrogens is 1. The molecule has 0 atom stereocenters. The number of rotatable bonds is 7. The van der Waals surface area contributed by atoms with E-state index >= 15 is 0 Å². The maximum absolute atomic E-state index is 5.80. The average molecular weight is 363 g/mol. The summed E-state index contributed by atoms with van der Waals surface area (Å²) < 4.78 is 5.80. The molecule has 0 aliphatic carbocycles. The van der Waals surface area contributed by atoms with Crippen LogP contribution in [0.25, 0.3) is 0 Å². The molecule has 1 N–H and O–H groups in total. The Kier molecular flexibility index (Phi) is 7.44. The minimum atomic E-state index is 0.119. The van der Waals surface area contributed by atoms with Crippen LogP contribution in [-0.4, -0.2) is 65.2 Å². The molecule has 26 heavy (non-hydrogen) atoms. The van der Waals surface area contributed by atoms with E-state index in [4.69, 9.17) is 4.74 Å². The first-order valence-electron chi connectivity index (χ1n) is 9.94. The number of nitrogens with one attached hydrogen (secondary N) is 1. The van der Waals surface area contributed by atoms with Crippen molar-refractivity contribution in [3.05, 3.63) is 23.9 Å². The molecule has 0 amide bonds. The summed E-state index contributed by atoms with van der Waals surface area (Å²) in [6.45, 7) is 20.7. The first kappa shape index (κ1) is 21.1. The van der Waals surface area contributed by atoms with Gasteiger partial charge in [0.1, 0.15) is 0 Å². The lowest BCUT2D eigenvalue weighted by atomic mass is 10.0. The third-order valence-electron chi connectivity index (χ3n) is 4.81. The molecule has 1 aromatic rings. The van der Waals surface area contributed by atoms with E-state index in [9.17, 15) is 0 Å². The maximum atomic E-state index is 5.80. The zero-order chi connectivity index (χ0) is 19.2. The third kappa shape index (κ3) is 7.60. The van der Waals surface area contributed by atoms with Crippen molar-refractivity contribution in [1.82, 2.24) is 20.1 Å². The molecule has 2 heterocycles. The minimum absolute atomic E-state index is 0.119. The molecule has 0 unspecified atom stereocenters. The molecular weight excluding hydrogens is 324 g/mol. The van der Waals surface area contributed by atoms with Crippen molar-refractivity contribution < 1.29 is 4.74 Å². The number of hydrogen-bond donors (Lipinski definition) is 1. The van der Waals surface area contributed by atoms with Gasteiger partial charge in [-0.3, -0.25) is 4.90 Å². The fourth-order valence-electron chi connectivity index (χ4n) is 3.08. The van der Waals surface area contributed by atoms with Crippen LogP contribution in [0.4, 0.5) is 0 Å². The van der Waals surface area contributed by atoms with Crippen molar-refractivity contribution in [3.63, 3.8) is 0 Å². The van der Waals surface area contributed by atoms with Gasteiger partial charge in [0.2, 0.25) is 5.88 Å². The number of ether oxygens (including phenoxy) is 1. The Labute approximate surface area is 160 Å². The lowest BCUT2D eigenvalue weighted by molar-refractivity contribution is 0.0600. The summed E-state index contributed by atoms with van der Waals surface area (Å²) in [5.74, 6) is 0.724. The normalized spacial score (nSPS) is 17.5. The van der Waals surface area contributed by atoms with Gasteiger partial charge in [-0.25, -0.2) is 4.98 Å². The van der Waals surface area contributed by atoms with Gasteiger partial charge in [-0.15, -0.1) is 0 Å². The Balaban J connectivity index is 1.62. The Morgan fingerprint density at radius 3 is 2.27 bits per heavy atom. The fraction of sp³-hybridized carbons (Fsp3) is 0.762. The van der Waals surface area contributed by atoms with Crippen molar-refractivity contribution in [2.45, 2.75) is 65.6 Å². The molecule has 148 valence electrons. The molecule has 0 saturated carbocycles. The van der Waals surface area contributed by atoms with Gasteiger partial charge < -0.3 is 15.0 Å². The van der Waals surface area contributed by atoms with Gasteiger partial charge in [-0.2, -0.15) is 0 Å². The summed E-state index contributed by atoms with van der Waals surface area (Å²) in [5, 5.41) is 3.47. The Morgan fingerprint density at radius 1 is 1.04 bits per heavy atom. The quantitative estimate of drug-likeness (QED) is 0.755. The van der Waals surface area contributed by atoms with Crippen LogP contribution in [0.3, 0.4) is 0 Å². The molecule has 1 saturated heterocycles. The van der Waals surface area contributed by atoms with E-state index in [0.717, 1.165) is 58.2 Å². The summed E-state index contributed by atoms with van der Waals surface area (Å²) >= 11 is 0. The molecule has 0 radical (unpaired) electrons. The lowest BCUT2D eigenvalue weighted by Crippen LogP contribution is -2.53. The van der Waals surface area contributed by atoms with E-state index in [0.29, 0.717) is 0 Å². The van der Waals surface area contributed by atoms with Gasteiger partial charge in [-0.05, 0) is 53.5 Å². The second kappa shape index (κ2) is 9.16. The summed E-state index contributed by atoms with van der Waals surface area (Å²) in [5.41, 5.74) is 1.59. The van der Waals surface area contributed by atoms with Crippen LogP contribution in [0.5, 0.6) is 5.88 Å². The minimum Gasteiger partial charge on any atom is -0.478 e. The lowest BCUT2D eigenvalue weighted by Gasteiger charge is -2.42. The molecule has 1 fully saturated rings. The van der Waals surface area contributed by atoms with Gasteiger partial charge in [0, 0.05) is 62.6 Å². The highest BCUT2D eigenvalue weighted by Crippen LogP contribution is 2.16. The number of piperazine rings is 1. The summed E-state index contributed by atoms with van der Waals surface area (Å²) in [7, 11) is 0. The second-order valence-electron chi connectivity index (χ2n) is 9.31. The molecule has 1 aromatic heterocycles. The van der Waals surface area contributed by atoms with Crippen molar-refractivity contribution >= 4 is 0 Å². The van der Waals surface area contributed by atoms with Crippen LogP contribution in [0.1, 0.15) is 53.5 Å². The molecule has 0 spiro atoms. The van der Waals surface area contributed by atoms with Gasteiger partial charge >= 0.3 is 0 Å². The Morgan fingerprint density at radius 2 is 1.73 bits per heavy atom. The summed E-state index contributed by atoms with van der Waals surface area (Å²) in [6.07, 6.45) is 2.95. The standard InChI is InChI=1S/C21H38N4O/c1-20(2,3)23-17-18-8-9-19(22-16-18)26-15-7-10-24-11-13-25(14-12-24)21(4,5)6/h8-9,16,23H,7,10-15,17H2,1-6H3. The Hall–Kier alpha value is -1.17. The molecule has 0 bridgehead atoms. The zero-order valence-electron chi connectivity index (χ0n) is 17.6. The molecule has 1 aliphatic heterocycles. The highest BCUT2D eigenvalue weighted by Gasteiger charge is 2.25. The topological polar surface area (TPSA) is 40.6 Å². The molecular formula is C21H38N4O. The predicted octanol–water partition coefficient (Wildman–Crippen LogP) is 3.15. The van der Waals surface area contributed by atoms with Crippen LogP contribution in [-0.2, 0) is 6.54 Å². The van der Waals surface area contributed by atoms with Gasteiger partial charge in [0.25, 0.3) is 0 Å². The largest absolute Gasteiger partial charge is 0.478 e. The van der Waals surface area contributed by atoms with Crippen molar-refractivity contribution in [1.29, 1.82) is 0 Å². The van der Waals surface area contributed by atoms with Crippen LogP contribution < -0.4 is 10.1 Å². The van der Waals surface area contributed by atoms with E-state index in [1.165, 1.54) is 5.56 Å². The average Bonchev–Trinajstić information content (AvgIpc) is 2.57. The smallest absolute Gasteiger partial charge is 0.213 e. The molecule has 5 nitrogen and oxygen atoms in total. The van der Waals surface area contributed by atoms with Crippen LogP contribution in [0, 0.1) is 0 Å². The monoisotopic (exact) mass is 362 g/mol. The molecule has 2 rings (SSSR count). The third-order valence-corrected chi connectivity index (χ3v) is 4.81. The summed E-state index contributed by atoms with van der Waals surface area (Å²) in [6, 6.07) is 4.06. The predicted molar refractivity (Wildman–Crippen MR) is 109 cm³/mol. The number of pyridine rings is 1. The van der Waals surface area contributed by atoms with Gasteiger partial charge in [-0.1, -0.05) is 6.07 Å². The van der Waals surface area contributed by atoms with E-state index in [-0.39, 0.29) is 11.1 Å². The van der Waals surface area contributed by atoms with Gasteiger partial charge in [0.15, 0.2) is 0 Å². The number of nitrogens with zero attached hydrogens (tertiary/aromatic N) is 3. The maximum Gasteiger partial charge on any atom is 0.213 e. The number of hydrogen-bond acceptors (Lipinski definition) is 5. The molecule has 1 aliphatic rings. The van der Waals surface area contributed by atoms with E-state index in [1.807, 2.05) is 12.3 Å². The highest BCUT2D eigenvalue weighted by atomic mass is 16.5. The zero-order valence-corrected chi connectivity index (χ0v) is 17.6. The summed E-state index contributed by atoms with van der Waals surface area (Å²) in [4.78, 5) is 9.53. The van der Waals surface area contributed by atoms with Gasteiger partial charge in [0.05, 0.1) is 6.61 Å². The fourth-order valence-corrected chi connectivity index (χ4v) is 3.08. The van der Waals surface area contributed by atoms with E-state index < -0.39 is 0 Å². The Bertz CT molecular complexity index is 522. The van der Waals surface area contributed by atoms with E-state index in [2.05, 4.69) is 67.7 Å².